The Morgan fingerprint density at radius 1 is 1.20 bits per heavy atom. The number of sulfonamides is 1. The molecule has 9 heteroatoms. The first-order chi connectivity index (χ1) is 11.9. The standard InChI is InChI=1S/C16H19BrN2O4S2/c1-2-23-12-3-6-14(7-4-12)25(21,22)19-10-9-16(20)18-11-13-5-8-15(17)24-13/h3-8,19H,2,9-11H2,1H3,(H,18,20). The van der Waals surface area contributed by atoms with Gasteiger partial charge in [-0.15, -0.1) is 11.3 Å². The van der Waals surface area contributed by atoms with Gasteiger partial charge in [-0.05, 0) is 59.3 Å². The quantitative estimate of drug-likeness (QED) is 0.619. The van der Waals surface area contributed by atoms with Crippen molar-refractivity contribution in [1.82, 2.24) is 10.0 Å². The number of rotatable bonds is 9. The predicted molar refractivity (Wildman–Crippen MR) is 101 cm³/mol. The molecule has 0 radical (unpaired) electrons. The maximum absolute atomic E-state index is 12.2. The number of ether oxygens (including phenoxy) is 1. The molecule has 1 aromatic carbocycles. The van der Waals surface area contributed by atoms with E-state index in [1.165, 1.54) is 23.5 Å². The number of nitrogens with one attached hydrogen (secondary N) is 2. The van der Waals surface area contributed by atoms with Gasteiger partial charge in [-0.25, -0.2) is 13.1 Å². The Labute approximate surface area is 159 Å². The number of benzene rings is 1. The topological polar surface area (TPSA) is 84.5 Å². The number of halogens is 1. The molecule has 6 nitrogen and oxygen atoms in total. The molecule has 1 aromatic heterocycles. The molecule has 0 unspecified atom stereocenters. The maximum Gasteiger partial charge on any atom is 0.240 e. The minimum atomic E-state index is -3.64. The molecule has 0 saturated carbocycles. The molecule has 136 valence electrons. The molecule has 2 aromatic rings. The summed E-state index contributed by atoms with van der Waals surface area (Å²) in [6.07, 6.45) is 0.0722. The van der Waals surface area contributed by atoms with Gasteiger partial charge in [0.15, 0.2) is 0 Å². The van der Waals surface area contributed by atoms with Crippen molar-refractivity contribution in [3.63, 3.8) is 0 Å². The van der Waals surface area contributed by atoms with Crippen LogP contribution in [0.5, 0.6) is 5.75 Å². The second-order valence-electron chi connectivity index (χ2n) is 5.03. The van der Waals surface area contributed by atoms with E-state index in [4.69, 9.17) is 4.74 Å². The summed E-state index contributed by atoms with van der Waals surface area (Å²) < 4.78 is 33.1. The van der Waals surface area contributed by atoms with Crippen LogP contribution in [0, 0.1) is 0 Å². The summed E-state index contributed by atoms with van der Waals surface area (Å²) in [5.74, 6) is 0.403. The van der Waals surface area contributed by atoms with Crippen LogP contribution in [0.25, 0.3) is 0 Å². The summed E-state index contributed by atoms with van der Waals surface area (Å²) in [5.41, 5.74) is 0. The summed E-state index contributed by atoms with van der Waals surface area (Å²) >= 11 is 4.90. The molecular formula is C16H19BrN2O4S2. The van der Waals surface area contributed by atoms with E-state index in [9.17, 15) is 13.2 Å². The zero-order valence-electron chi connectivity index (χ0n) is 13.6. The molecule has 0 aliphatic heterocycles. The Balaban J connectivity index is 1.78. The van der Waals surface area contributed by atoms with Crippen LogP contribution in [-0.2, 0) is 21.4 Å². The zero-order chi connectivity index (χ0) is 18.3. The zero-order valence-corrected chi connectivity index (χ0v) is 16.8. The van der Waals surface area contributed by atoms with Gasteiger partial charge in [-0.1, -0.05) is 0 Å². The van der Waals surface area contributed by atoms with Crippen LogP contribution in [0.1, 0.15) is 18.2 Å². The van der Waals surface area contributed by atoms with Crippen LogP contribution in [0.3, 0.4) is 0 Å². The summed E-state index contributed by atoms with van der Waals surface area (Å²) in [6.45, 7) is 2.84. The monoisotopic (exact) mass is 446 g/mol. The van der Waals surface area contributed by atoms with Crippen LogP contribution in [0.4, 0.5) is 0 Å². The second kappa shape index (κ2) is 9.33. The molecule has 0 saturated heterocycles. The highest BCUT2D eigenvalue weighted by molar-refractivity contribution is 9.11. The van der Waals surface area contributed by atoms with Crippen LogP contribution in [0.15, 0.2) is 45.1 Å². The van der Waals surface area contributed by atoms with Gasteiger partial charge in [0.2, 0.25) is 15.9 Å². The first-order valence-corrected chi connectivity index (χ1v) is 10.7. The molecule has 25 heavy (non-hydrogen) atoms. The number of amides is 1. The van der Waals surface area contributed by atoms with Crippen LogP contribution < -0.4 is 14.8 Å². The Bertz CT molecular complexity index is 804. The smallest absolute Gasteiger partial charge is 0.240 e. The lowest BCUT2D eigenvalue weighted by Crippen LogP contribution is -2.30. The van der Waals surface area contributed by atoms with E-state index in [1.807, 2.05) is 19.1 Å². The van der Waals surface area contributed by atoms with Crippen molar-refractivity contribution >= 4 is 43.2 Å². The van der Waals surface area contributed by atoms with Crippen LogP contribution in [-0.4, -0.2) is 27.5 Å². The summed E-state index contributed by atoms with van der Waals surface area (Å²) in [4.78, 5) is 13.0. The van der Waals surface area contributed by atoms with Crippen molar-refractivity contribution in [2.24, 2.45) is 0 Å². The highest BCUT2D eigenvalue weighted by Crippen LogP contribution is 2.21. The van der Waals surface area contributed by atoms with Gasteiger partial charge in [0.05, 0.1) is 21.8 Å². The fourth-order valence-electron chi connectivity index (χ4n) is 1.98. The third kappa shape index (κ3) is 6.43. The van der Waals surface area contributed by atoms with Crippen LogP contribution in [0.2, 0.25) is 0 Å². The molecule has 1 amide bonds. The average molecular weight is 447 g/mol. The van der Waals surface area contributed by atoms with E-state index in [0.29, 0.717) is 18.9 Å². The molecule has 0 spiro atoms. The Hall–Kier alpha value is -1.42. The number of hydrogen-bond acceptors (Lipinski definition) is 5. The molecule has 0 bridgehead atoms. The van der Waals surface area contributed by atoms with Crippen LogP contribution >= 0.6 is 27.3 Å². The van der Waals surface area contributed by atoms with Crippen molar-refractivity contribution in [1.29, 1.82) is 0 Å². The SMILES string of the molecule is CCOc1ccc(S(=O)(=O)NCCC(=O)NCc2ccc(Br)s2)cc1. The number of carbonyl (C=O) groups is 1. The highest BCUT2D eigenvalue weighted by atomic mass is 79.9. The van der Waals surface area contributed by atoms with E-state index in [2.05, 4.69) is 26.0 Å². The van der Waals surface area contributed by atoms with Gasteiger partial charge in [0.1, 0.15) is 5.75 Å². The predicted octanol–water partition coefficient (Wildman–Crippen LogP) is 2.89. The summed E-state index contributed by atoms with van der Waals surface area (Å²) in [5, 5.41) is 2.76. The highest BCUT2D eigenvalue weighted by Gasteiger charge is 2.14. The average Bonchev–Trinajstić information content (AvgIpc) is 2.99. The van der Waals surface area contributed by atoms with Gasteiger partial charge in [-0.3, -0.25) is 4.79 Å². The van der Waals surface area contributed by atoms with Gasteiger partial charge < -0.3 is 10.1 Å². The number of hydrogen-bond donors (Lipinski definition) is 2. The third-order valence-corrected chi connectivity index (χ3v) is 6.28. The first-order valence-electron chi connectivity index (χ1n) is 7.64. The summed E-state index contributed by atoms with van der Waals surface area (Å²) in [6, 6.07) is 9.98. The maximum atomic E-state index is 12.2. The molecule has 0 atom stereocenters. The minimum absolute atomic E-state index is 0.0372. The molecule has 1 heterocycles. The lowest BCUT2D eigenvalue weighted by Gasteiger charge is -2.08. The largest absolute Gasteiger partial charge is 0.494 e. The molecule has 0 aliphatic carbocycles. The van der Waals surface area contributed by atoms with Crippen molar-refractivity contribution < 1.29 is 17.9 Å². The Kier molecular flexibility index (Phi) is 7.42. The lowest BCUT2D eigenvalue weighted by molar-refractivity contribution is -0.121. The minimum Gasteiger partial charge on any atom is -0.494 e. The van der Waals surface area contributed by atoms with Crippen molar-refractivity contribution in [3.8, 4) is 5.75 Å². The molecule has 2 rings (SSSR count). The van der Waals surface area contributed by atoms with Gasteiger partial charge in [-0.2, -0.15) is 0 Å². The van der Waals surface area contributed by atoms with Crippen molar-refractivity contribution in [2.45, 2.75) is 24.8 Å². The normalized spacial score (nSPS) is 11.3. The van der Waals surface area contributed by atoms with E-state index in [0.717, 1.165) is 8.66 Å². The summed E-state index contributed by atoms with van der Waals surface area (Å²) in [7, 11) is -3.64. The Morgan fingerprint density at radius 2 is 1.92 bits per heavy atom. The van der Waals surface area contributed by atoms with Gasteiger partial charge in [0, 0.05) is 17.8 Å². The van der Waals surface area contributed by atoms with Gasteiger partial charge in [0.25, 0.3) is 0 Å². The number of carbonyl (C=O) groups excluding carboxylic acids is 1. The molecule has 0 fully saturated rings. The second-order valence-corrected chi connectivity index (χ2v) is 9.35. The van der Waals surface area contributed by atoms with E-state index >= 15 is 0 Å². The van der Waals surface area contributed by atoms with Crippen molar-refractivity contribution in [3.05, 3.63) is 45.1 Å². The van der Waals surface area contributed by atoms with E-state index < -0.39 is 10.0 Å². The van der Waals surface area contributed by atoms with Gasteiger partial charge >= 0.3 is 0 Å². The van der Waals surface area contributed by atoms with Crippen molar-refractivity contribution in [2.75, 3.05) is 13.2 Å². The Morgan fingerprint density at radius 3 is 2.52 bits per heavy atom. The first kappa shape index (κ1) is 19.9. The van der Waals surface area contributed by atoms with E-state index in [1.54, 1.807) is 12.1 Å². The fraction of sp³-hybridized carbons (Fsp3) is 0.312. The molecular weight excluding hydrogens is 428 g/mol. The lowest BCUT2D eigenvalue weighted by atomic mass is 10.3. The van der Waals surface area contributed by atoms with E-state index in [-0.39, 0.29) is 23.8 Å². The number of thiophene rings is 1. The fourth-order valence-corrected chi connectivity index (χ4v) is 4.44. The third-order valence-electron chi connectivity index (χ3n) is 3.18. The molecule has 2 N–H and O–H groups in total. The molecule has 0 aliphatic rings.